The van der Waals surface area contributed by atoms with Crippen LogP contribution in [-0.2, 0) is 19.6 Å². The molecule has 0 aliphatic heterocycles. The van der Waals surface area contributed by atoms with Crippen LogP contribution < -0.4 is 14.8 Å². The number of amides is 1. The van der Waals surface area contributed by atoms with E-state index in [2.05, 4.69) is 10.0 Å². The smallest absolute Gasteiger partial charge is 0.340 e. The van der Waals surface area contributed by atoms with Crippen LogP contribution in [0.5, 0.6) is 5.75 Å². The third-order valence-corrected chi connectivity index (χ3v) is 5.00. The highest BCUT2D eigenvalue weighted by Crippen LogP contribution is 2.22. The van der Waals surface area contributed by atoms with E-state index in [9.17, 15) is 18.0 Å². The zero-order chi connectivity index (χ0) is 21.4. The van der Waals surface area contributed by atoms with Crippen LogP contribution in [0.3, 0.4) is 0 Å². The molecule has 0 aliphatic rings. The molecule has 0 radical (unpaired) electrons. The molecule has 0 atom stereocenters. The number of esters is 1. The van der Waals surface area contributed by atoms with Crippen molar-refractivity contribution in [3.8, 4) is 5.75 Å². The molecule has 0 aromatic heterocycles. The van der Waals surface area contributed by atoms with Gasteiger partial charge in [-0.2, -0.15) is 0 Å². The Hall–Kier alpha value is -3.07. The van der Waals surface area contributed by atoms with Gasteiger partial charge in [0.2, 0.25) is 0 Å². The van der Waals surface area contributed by atoms with Gasteiger partial charge in [0, 0.05) is 6.04 Å². The summed E-state index contributed by atoms with van der Waals surface area (Å²) in [6.07, 6.45) is 0. The van der Waals surface area contributed by atoms with E-state index in [0.29, 0.717) is 12.4 Å². The molecule has 2 aromatic rings. The van der Waals surface area contributed by atoms with Gasteiger partial charge >= 0.3 is 5.97 Å². The van der Waals surface area contributed by atoms with Gasteiger partial charge in [0.25, 0.3) is 15.9 Å². The standard InChI is InChI=1S/C20H24N2O6S/c1-4-27-15-9-11-16(12-10-15)29(25,26)22-18-8-6-5-7-17(18)20(24)28-13-19(23)21-14(2)3/h5-12,14,22H,4,13H2,1-3H3,(H,21,23). The van der Waals surface area contributed by atoms with Crippen molar-refractivity contribution in [3.05, 3.63) is 54.1 Å². The molecule has 2 aromatic carbocycles. The molecular formula is C20H24N2O6S. The second kappa shape index (κ2) is 9.92. The summed E-state index contributed by atoms with van der Waals surface area (Å²) in [6.45, 7) is 5.40. The van der Waals surface area contributed by atoms with Gasteiger partial charge < -0.3 is 14.8 Å². The summed E-state index contributed by atoms with van der Waals surface area (Å²) in [5.74, 6) is -0.704. The normalized spacial score (nSPS) is 11.0. The fraction of sp³-hybridized carbons (Fsp3) is 0.300. The van der Waals surface area contributed by atoms with Gasteiger partial charge in [-0.3, -0.25) is 9.52 Å². The van der Waals surface area contributed by atoms with Crippen LogP contribution in [0, 0.1) is 0 Å². The maximum Gasteiger partial charge on any atom is 0.340 e. The molecule has 9 heteroatoms. The summed E-state index contributed by atoms with van der Waals surface area (Å²) in [7, 11) is -3.94. The molecular weight excluding hydrogens is 396 g/mol. The largest absolute Gasteiger partial charge is 0.494 e. The van der Waals surface area contributed by atoms with Crippen molar-refractivity contribution in [2.45, 2.75) is 31.7 Å². The number of carbonyl (C=O) groups is 2. The van der Waals surface area contributed by atoms with Crippen LogP contribution in [0.2, 0.25) is 0 Å². The van der Waals surface area contributed by atoms with E-state index >= 15 is 0 Å². The maximum atomic E-state index is 12.7. The first-order valence-corrected chi connectivity index (χ1v) is 10.5. The van der Waals surface area contributed by atoms with Crippen molar-refractivity contribution in [1.29, 1.82) is 0 Å². The van der Waals surface area contributed by atoms with Crippen LogP contribution in [0.25, 0.3) is 0 Å². The quantitative estimate of drug-likeness (QED) is 0.603. The first-order chi connectivity index (χ1) is 13.7. The fourth-order valence-electron chi connectivity index (χ4n) is 2.41. The third kappa shape index (κ3) is 6.49. The molecule has 0 aliphatic carbocycles. The molecule has 0 bridgehead atoms. The van der Waals surface area contributed by atoms with Crippen LogP contribution in [0.1, 0.15) is 31.1 Å². The lowest BCUT2D eigenvalue weighted by atomic mass is 10.2. The number of nitrogens with one attached hydrogen (secondary N) is 2. The van der Waals surface area contributed by atoms with E-state index in [1.807, 2.05) is 6.92 Å². The van der Waals surface area contributed by atoms with Gasteiger partial charge in [-0.1, -0.05) is 12.1 Å². The highest BCUT2D eigenvalue weighted by atomic mass is 32.2. The number of hydrogen-bond acceptors (Lipinski definition) is 6. The minimum absolute atomic E-state index is 0.000594. The number of anilines is 1. The topological polar surface area (TPSA) is 111 Å². The summed E-state index contributed by atoms with van der Waals surface area (Å²) in [4.78, 5) is 24.0. The minimum atomic E-state index is -3.94. The van der Waals surface area contributed by atoms with Crippen molar-refractivity contribution in [1.82, 2.24) is 5.32 Å². The van der Waals surface area contributed by atoms with E-state index in [-0.39, 0.29) is 22.2 Å². The molecule has 0 fully saturated rings. The molecule has 0 unspecified atom stereocenters. The van der Waals surface area contributed by atoms with Gasteiger partial charge in [0.1, 0.15) is 5.75 Å². The Kier molecular flexibility index (Phi) is 7.60. The SMILES string of the molecule is CCOc1ccc(S(=O)(=O)Nc2ccccc2C(=O)OCC(=O)NC(C)C)cc1. The Balaban J connectivity index is 2.15. The lowest BCUT2D eigenvalue weighted by Gasteiger charge is -2.13. The highest BCUT2D eigenvalue weighted by Gasteiger charge is 2.20. The van der Waals surface area contributed by atoms with E-state index in [4.69, 9.17) is 9.47 Å². The Bertz CT molecular complexity index is 955. The number of hydrogen-bond donors (Lipinski definition) is 2. The van der Waals surface area contributed by atoms with Crippen molar-refractivity contribution in [2.75, 3.05) is 17.9 Å². The van der Waals surface area contributed by atoms with E-state index < -0.39 is 28.5 Å². The van der Waals surface area contributed by atoms with Gasteiger partial charge in [-0.25, -0.2) is 13.2 Å². The van der Waals surface area contributed by atoms with Gasteiger partial charge in [-0.05, 0) is 57.2 Å². The van der Waals surface area contributed by atoms with Crippen LogP contribution in [0.4, 0.5) is 5.69 Å². The van der Waals surface area contributed by atoms with Crippen LogP contribution in [0.15, 0.2) is 53.4 Å². The summed E-state index contributed by atoms with van der Waals surface area (Å²) >= 11 is 0. The third-order valence-electron chi connectivity index (χ3n) is 3.62. The minimum Gasteiger partial charge on any atom is -0.494 e. The van der Waals surface area contributed by atoms with Gasteiger partial charge in [0.05, 0.1) is 22.8 Å². The first-order valence-electron chi connectivity index (χ1n) is 9.04. The Morgan fingerprint density at radius 3 is 2.31 bits per heavy atom. The number of carbonyl (C=O) groups excluding carboxylic acids is 2. The van der Waals surface area contributed by atoms with E-state index in [1.54, 1.807) is 38.1 Å². The van der Waals surface area contributed by atoms with Crippen molar-refractivity contribution >= 4 is 27.6 Å². The number of sulfonamides is 1. The maximum absolute atomic E-state index is 12.7. The highest BCUT2D eigenvalue weighted by molar-refractivity contribution is 7.92. The molecule has 156 valence electrons. The number of benzene rings is 2. The number of rotatable bonds is 9. The average molecular weight is 420 g/mol. The zero-order valence-corrected chi connectivity index (χ0v) is 17.3. The fourth-order valence-corrected chi connectivity index (χ4v) is 3.49. The predicted molar refractivity (Wildman–Crippen MR) is 108 cm³/mol. The average Bonchev–Trinajstić information content (AvgIpc) is 2.66. The second-order valence-corrected chi connectivity index (χ2v) is 8.04. The van der Waals surface area contributed by atoms with E-state index in [1.165, 1.54) is 24.3 Å². The monoisotopic (exact) mass is 420 g/mol. The van der Waals surface area contributed by atoms with Gasteiger partial charge in [0.15, 0.2) is 6.61 Å². The predicted octanol–water partition coefficient (Wildman–Crippen LogP) is 2.57. The van der Waals surface area contributed by atoms with E-state index in [0.717, 1.165) is 0 Å². The molecule has 8 nitrogen and oxygen atoms in total. The molecule has 0 heterocycles. The summed E-state index contributed by atoms with van der Waals surface area (Å²) in [5.41, 5.74) is 0.0509. The van der Waals surface area contributed by atoms with Crippen LogP contribution >= 0.6 is 0 Å². The summed E-state index contributed by atoms with van der Waals surface area (Å²) < 4.78 is 38.0. The Morgan fingerprint density at radius 2 is 1.69 bits per heavy atom. The Labute approximate surface area is 170 Å². The van der Waals surface area contributed by atoms with Crippen molar-refractivity contribution < 1.29 is 27.5 Å². The molecule has 2 N–H and O–H groups in total. The summed E-state index contributed by atoms with van der Waals surface area (Å²) in [5, 5.41) is 2.60. The lowest BCUT2D eigenvalue weighted by molar-refractivity contribution is -0.124. The Morgan fingerprint density at radius 1 is 1.03 bits per heavy atom. The number of para-hydroxylation sites is 1. The van der Waals surface area contributed by atoms with Crippen LogP contribution in [-0.4, -0.2) is 39.5 Å². The molecule has 29 heavy (non-hydrogen) atoms. The molecule has 0 spiro atoms. The number of ether oxygens (including phenoxy) is 2. The van der Waals surface area contributed by atoms with Crippen molar-refractivity contribution in [2.24, 2.45) is 0 Å². The first kappa shape index (κ1) is 22.2. The molecule has 2 rings (SSSR count). The molecule has 0 saturated heterocycles. The van der Waals surface area contributed by atoms with Crippen molar-refractivity contribution in [3.63, 3.8) is 0 Å². The second-order valence-electron chi connectivity index (χ2n) is 6.35. The molecule has 0 saturated carbocycles. The zero-order valence-electron chi connectivity index (χ0n) is 16.5. The lowest BCUT2D eigenvalue weighted by Crippen LogP contribution is -2.34. The molecule has 1 amide bonds. The van der Waals surface area contributed by atoms with Gasteiger partial charge in [-0.15, -0.1) is 0 Å². The summed E-state index contributed by atoms with van der Waals surface area (Å²) in [6, 6.07) is 11.8.